The number of piperazine rings is 1. The van der Waals surface area contributed by atoms with E-state index in [1.807, 2.05) is 17.0 Å². The molecule has 27 heavy (non-hydrogen) atoms. The van der Waals surface area contributed by atoms with Crippen LogP contribution in [0.15, 0.2) is 42.5 Å². The topological polar surface area (TPSA) is 99.0 Å². The molecule has 2 aromatic rings. The van der Waals surface area contributed by atoms with E-state index in [1.54, 1.807) is 31.2 Å². The molecular weight excluding hydrogens is 348 g/mol. The van der Waals surface area contributed by atoms with E-state index in [0.717, 1.165) is 24.3 Å². The normalized spacial score (nSPS) is 14.8. The number of carbonyl (C=O) groups excluding carboxylic acids is 1. The number of nitro benzene ring substituents is 1. The van der Waals surface area contributed by atoms with Crippen molar-refractivity contribution in [2.75, 3.05) is 42.9 Å². The number of phenols is 1. The van der Waals surface area contributed by atoms with E-state index >= 15 is 0 Å². The lowest BCUT2D eigenvalue weighted by molar-refractivity contribution is -0.384. The van der Waals surface area contributed by atoms with E-state index in [2.05, 4.69) is 10.2 Å². The highest BCUT2D eigenvalue weighted by Gasteiger charge is 2.21. The van der Waals surface area contributed by atoms with E-state index in [-0.39, 0.29) is 29.6 Å². The van der Waals surface area contributed by atoms with Crippen LogP contribution in [0.4, 0.5) is 17.1 Å². The van der Waals surface area contributed by atoms with Crippen LogP contribution in [0.1, 0.15) is 5.56 Å². The molecule has 0 spiro atoms. The molecule has 0 bridgehead atoms. The van der Waals surface area contributed by atoms with Crippen LogP contribution in [-0.2, 0) is 4.79 Å². The Morgan fingerprint density at radius 3 is 2.44 bits per heavy atom. The minimum Gasteiger partial charge on any atom is -0.508 e. The third-order valence-corrected chi connectivity index (χ3v) is 4.58. The van der Waals surface area contributed by atoms with Crippen molar-refractivity contribution >= 4 is 23.0 Å². The minimum atomic E-state index is -0.487. The van der Waals surface area contributed by atoms with Gasteiger partial charge in [0, 0.05) is 37.9 Å². The van der Waals surface area contributed by atoms with Gasteiger partial charge in [-0.05, 0) is 42.8 Å². The second-order valence-electron chi connectivity index (χ2n) is 6.61. The van der Waals surface area contributed by atoms with Crippen LogP contribution in [0.25, 0.3) is 0 Å². The van der Waals surface area contributed by atoms with Gasteiger partial charge in [-0.25, -0.2) is 0 Å². The van der Waals surface area contributed by atoms with Gasteiger partial charge in [0.25, 0.3) is 5.69 Å². The summed E-state index contributed by atoms with van der Waals surface area (Å²) in [6, 6.07) is 11.8. The zero-order valence-electron chi connectivity index (χ0n) is 15.1. The maximum Gasteiger partial charge on any atom is 0.293 e. The Kier molecular flexibility index (Phi) is 5.56. The molecule has 142 valence electrons. The zero-order chi connectivity index (χ0) is 19.4. The van der Waals surface area contributed by atoms with Gasteiger partial charge < -0.3 is 15.3 Å². The van der Waals surface area contributed by atoms with E-state index < -0.39 is 4.92 Å². The molecule has 0 aromatic heterocycles. The van der Waals surface area contributed by atoms with Crippen molar-refractivity contribution in [3.8, 4) is 5.75 Å². The van der Waals surface area contributed by atoms with Crippen molar-refractivity contribution in [1.82, 2.24) is 4.90 Å². The first-order valence-corrected chi connectivity index (χ1v) is 8.73. The number of nitro groups is 1. The van der Waals surface area contributed by atoms with Crippen LogP contribution >= 0.6 is 0 Å². The number of nitrogens with zero attached hydrogens (tertiary/aromatic N) is 3. The summed E-state index contributed by atoms with van der Waals surface area (Å²) in [7, 11) is 0. The molecule has 3 rings (SSSR count). The number of rotatable bonds is 5. The summed E-state index contributed by atoms with van der Waals surface area (Å²) in [5.41, 5.74) is 1.93. The average molecular weight is 370 g/mol. The van der Waals surface area contributed by atoms with Crippen LogP contribution in [0.2, 0.25) is 0 Å². The number of carbonyl (C=O) groups is 1. The number of anilines is 2. The monoisotopic (exact) mass is 370 g/mol. The largest absolute Gasteiger partial charge is 0.508 e. The number of phenolic OH excluding ortho intramolecular Hbond substituents is 1. The number of amides is 1. The summed E-state index contributed by atoms with van der Waals surface area (Å²) >= 11 is 0. The molecule has 0 aliphatic carbocycles. The summed E-state index contributed by atoms with van der Waals surface area (Å²) in [4.78, 5) is 27.2. The smallest absolute Gasteiger partial charge is 0.293 e. The summed E-state index contributed by atoms with van der Waals surface area (Å²) in [5, 5.41) is 23.2. The van der Waals surface area contributed by atoms with E-state index in [0.29, 0.717) is 13.1 Å². The molecule has 1 fully saturated rings. The number of hydrogen-bond acceptors (Lipinski definition) is 6. The lowest BCUT2D eigenvalue weighted by atomic mass is 10.2. The summed E-state index contributed by atoms with van der Waals surface area (Å²) in [6.07, 6.45) is 0. The lowest BCUT2D eigenvalue weighted by Gasteiger charge is -2.35. The standard InChI is InChI=1S/C19H22N4O4/c1-14-2-7-17(18(12-14)23(26)27)20-19(25)13-21-8-10-22(11-9-21)15-3-5-16(24)6-4-15/h2-7,12,24H,8-11,13H2,1H3,(H,20,25). The molecule has 2 N–H and O–H groups in total. The fourth-order valence-electron chi connectivity index (χ4n) is 3.12. The van der Waals surface area contributed by atoms with Crippen LogP contribution in [-0.4, -0.2) is 53.6 Å². The molecule has 1 amide bonds. The van der Waals surface area contributed by atoms with Crippen LogP contribution in [0.3, 0.4) is 0 Å². The minimum absolute atomic E-state index is 0.0968. The molecule has 1 saturated heterocycles. The van der Waals surface area contributed by atoms with Gasteiger partial charge in [0.1, 0.15) is 11.4 Å². The molecule has 1 aliphatic rings. The number of hydrogen-bond donors (Lipinski definition) is 2. The Morgan fingerprint density at radius 2 is 1.81 bits per heavy atom. The molecule has 0 radical (unpaired) electrons. The van der Waals surface area contributed by atoms with Crippen molar-refractivity contribution in [2.45, 2.75) is 6.92 Å². The molecule has 1 heterocycles. The molecule has 2 aromatic carbocycles. The molecule has 1 aliphatic heterocycles. The van der Waals surface area contributed by atoms with Gasteiger partial charge >= 0.3 is 0 Å². The number of aryl methyl sites for hydroxylation is 1. The highest BCUT2D eigenvalue weighted by Crippen LogP contribution is 2.25. The quantitative estimate of drug-likeness (QED) is 0.619. The van der Waals surface area contributed by atoms with Crippen LogP contribution in [0.5, 0.6) is 5.75 Å². The third kappa shape index (κ3) is 4.73. The van der Waals surface area contributed by atoms with Crippen molar-refractivity contribution in [3.05, 3.63) is 58.1 Å². The zero-order valence-corrected chi connectivity index (χ0v) is 15.1. The molecular formula is C19H22N4O4. The first kappa shape index (κ1) is 18.7. The predicted molar refractivity (Wildman–Crippen MR) is 103 cm³/mol. The van der Waals surface area contributed by atoms with Gasteiger partial charge in [0.15, 0.2) is 0 Å². The number of aromatic hydroxyl groups is 1. The van der Waals surface area contributed by atoms with Crippen molar-refractivity contribution < 1.29 is 14.8 Å². The average Bonchev–Trinajstić information content (AvgIpc) is 2.64. The molecule has 8 heteroatoms. The van der Waals surface area contributed by atoms with Gasteiger partial charge in [0.2, 0.25) is 5.91 Å². The Balaban J connectivity index is 1.54. The molecule has 0 atom stereocenters. The molecule has 8 nitrogen and oxygen atoms in total. The van der Waals surface area contributed by atoms with E-state index in [4.69, 9.17) is 0 Å². The maximum absolute atomic E-state index is 12.3. The van der Waals surface area contributed by atoms with Gasteiger partial charge in [-0.3, -0.25) is 19.8 Å². The van der Waals surface area contributed by atoms with Gasteiger partial charge in [-0.2, -0.15) is 0 Å². The first-order chi connectivity index (χ1) is 12.9. The van der Waals surface area contributed by atoms with Gasteiger partial charge in [0.05, 0.1) is 11.5 Å². The van der Waals surface area contributed by atoms with Crippen LogP contribution in [0, 0.1) is 17.0 Å². The number of benzene rings is 2. The SMILES string of the molecule is Cc1ccc(NC(=O)CN2CCN(c3ccc(O)cc3)CC2)c([N+](=O)[O-])c1. The Labute approximate surface area is 157 Å². The van der Waals surface area contributed by atoms with Gasteiger partial charge in [-0.15, -0.1) is 0 Å². The maximum atomic E-state index is 12.3. The van der Waals surface area contributed by atoms with Crippen molar-refractivity contribution in [2.24, 2.45) is 0 Å². The highest BCUT2D eigenvalue weighted by atomic mass is 16.6. The molecule has 0 unspecified atom stereocenters. The first-order valence-electron chi connectivity index (χ1n) is 8.73. The Morgan fingerprint density at radius 1 is 1.15 bits per heavy atom. The second-order valence-corrected chi connectivity index (χ2v) is 6.61. The summed E-state index contributed by atoms with van der Waals surface area (Å²) < 4.78 is 0. The van der Waals surface area contributed by atoms with E-state index in [1.165, 1.54) is 6.07 Å². The molecule has 0 saturated carbocycles. The Bertz CT molecular complexity index is 830. The predicted octanol–water partition coefficient (Wildman–Crippen LogP) is 2.37. The van der Waals surface area contributed by atoms with E-state index in [9.17, 15) is 20.0 Å². The Hall–Kier alpha value is -3.13. The summed E-state index contributed by atoms with van der Waals surface area (Å²) in [5.74, 6) is -0.0284. The lowest BCUT2D eigenvalue weighted by Crippen LogP contribution is -2.48. The fraction of sp³-hybridized carbons (Fsp3) is 0.316. The highest BCUT2D eigenvalue weighted by molar-refractivity contribution is 5.94. The number of nitrogens with one attached hydrogen (secondary N) is 1. The van der Waals surface area contributed by atoms with Crippen LogP contribution < -0.4 is 10.2 Å². The fourth-order valence-corrected chi connectivity index (χ4v) is 3.12. The third-order valence-electron chi connectivity index (χ3n) is 4.58. The second kappa shape index (κ2) is 8.05. The van der Waals surface area contributed by atoms with Gasteiger partial charge in [-0.1, -0.05) is 6.07 Å². The van der Waals surface area contributed by atoms with Crippen molar-refractivity contribution in [3.63, 3.8) is 0 Å². The summed E-state index contributed by atoms with van der Waals surface area (Å²) in [6.45, 7) is 4.92. The van der Waals surface area contributed by atoms with Crippen molar-refractivity contribution in [1.29, 1.82) is 0 Å².